The van der Waals surface area contributed by atoms with Crippen LogP contribution in [0.4, 0.5) is 5.69 Å². The Hall–Kier alpha value is -3.08. The molecule has 0 fully saturated rings. The summed E-state index contributed by atoms with van der Waals surface area (Å²) in [5, 5.41) is 3.60. The van der Waals surface area contributed by atoms with Crippen LogP contribution in [0.15, 0.2) is 46.9 Å². The van der Waals surface area contributed by atoms with Gasteiger partial charge in [-0.15, -0.1) is 0 Å². The number of ether oxygens (including phenoxy) is 1. The number of methoxy groups -OCH3 is 1. The van der Waals surface area contributed by atoms with Crippen LogP contribution >= 0.6 is 0 Å². The molecule has 0 aliphatic carbocycles. The van der Waals surface area contributed by atoms with E-state index in [0.29, 0.717) is 22.6 Å². The average Bonchev–Trinajstić information content (AvgIpc) is 2.91. The van der Waals surface area contributed by atoms with Gasteiger partial charge in [-0.1, -0.05) is 12.1 Å². The van der Waals surface area contributed by atoms with E-state index in [1.54, 1.807) is 43.5 Å². The molecular weight excluding hydrogens is 306 g/mol. The van der Waals surface area contributed by atoms with Crippen molar-refractivity contribution in [2.45, 2.75) is 13.8 Å². The molecule has 3 rings (SSSR count). The second kappa shape index (κ2) is 6.20. The van der Waals surface area contributed by atoms with E-state index in [-0.39, 0.29) is 17.5 Å². The lowest BCUT2D eigenvalue weighted by atomic mass is 10.1. The molecule has 1 N–H and O–H groups in total. The molecule has 0 radical (unpaired) electrons. The maximum absolute atomic E-state index is 12.5. The second-order valence-corrected chi connectivity index (χ2v) is 5.51. The zero-order chi connectivity index (χ0) is 17.3. The first kappa shape index (κ1) is 15.8. The Bertz CT molecular complexity index is 940. The van der Waals surface area contributed by atoms with Crippen LogP contribution in [0.2, 0.25) is 0 Å². The number of furan rings is 1. The zero-order valence-electron chi connectivity index (χ0n) is 13.7. The van der Waals surface area contributed by atoms with Crippen molar-refractivity contribution in [2.24, 2.45) is 0 Å². The largest absolute Gasteiger partial charge is 0.497 e. The highest BCUT2D eigenvalue weighted by atomic mass is 16.5. The molecule has 1 amide bonds. The van der Waals surface area contributed by atoms with E-state index in [2.05, 4.69) is 5.32 Å². The minimum Gasteiger partial charge on any atom is -0.497 e. The molecule has 24 heavy (non-hydrogen) atoms. The first-order valence-corrected chi connectivity index (χ1v) is 7.49. The summed E-state index contributed by atoms with van der Waals surface area (Å²) in [5.41, 5.74) is 2.45. The van der Waals surface area contributed by atoms with Crippen molar-refractivity contribution in [3.05, 3.63) is 59.4 Å². The number of ketones is 1. The van der Waals surface area contributed by atoms with Crippen LogP contribution in [0.5, 0.6) is 5.75 Å². The minimum atomic E-state index is -0.358. The van der Waals surface area contributed by atoms with Crippen molar-refractivity contribution in [2.75, 3.05) is 12.4 Å². The summed E-state index contributed by atoms with van der Waals surface area (Å²) in [6.07, 6.45) is 0. The number of Topliss-reactive ketones (excluding diaryl/α,β-unsaturated/α-hetero) is 1. The van der Waals surface area contributed by atoms with E-state index in [9.17, 15) is 9.59 Å². The van der Waals surface area contributed by atoms with E-state index in [4.69, 9.17) is 9.15 Å². The highest BCUT2D eigenvalue weighted by molar-refractivity contribution is 6.07. The fourth-order valence-corrected chi connectivity index (χ4v) is 2.55. The summed E-state index contributed by atoms with van der Waals surface area (Å²) in [4.78, 5) is 24.0. The average molecular weight is 323 g/mol. The van der Waals surface area contributed by atoms with Crippen LogP contribution in [0, 0.1) is 6.92 Å². The topological polar surface area (TPSA) is 68.5 Å². The maximum atomic E-state index is 12.5. The fraction of sp³-hybridized carbons (Fsp3) is 0.158. The molecule has 1 heterocycles. The molecule has 0 aliphatic heterocycles. The van der Waals surface area contributed by atoms with E-state index < -0.39 is 0 Å². The van der Waals surface area contributed by atoms with Gasteiger partial charge in [0.25, 0.3) is 5.91 Å². The molecule has 5 nitrogen and oxygen atoms in total. The van der Waals surface area contributed by atoms with E-state index >= 15 is 0 Å². The normalized spacial score (nSPS) is 10.6. The van der Waals surface area contributed by atoms with Crippen LogP contribution in [0.25, 0.3) is 11.0 Å². The Balaban J connectivity index is 1.93. The summed E-state index contributed by atoms with van der Waals surface area (Å²) in [6, 6.07) is 12.2. The molecule has 5 heteroatoms. The lowest BCUT2D eigenvalue weighted by Gasteiger charge is -2.05. The Kier molecular flexibility index (Phi) is 4.08. The zero-order valence-corrected chi connectivity index (χ0v) is 13.7. The number of benzene rings is 2. The van der Waals surface area contributed by atoms with Gasteiger partial charge in [-0.05, 0) is 44.2 Å². The molecule has 3 aromatic rings. The second-order valence-electron chi connectivity index (χ2n) is 5.51. The third kappa shape index (κ3) is 2.88. The third-order valence-electron chi connectivity index (χ3n) is 3.88. The van der Waals surface area contributed by atoms with Crippen molar-refractivity contribution in [1.82, 2.24) is 0 Å². The van der Waals surface area contributed by atoms with Crippen molar-refractivity contribution in [3.63, 3.8) is 0 Å². The van der Waals surface area contributed by atoms with Gasteiger partial charge in [0, 0.05) is 22.2 Å². The van der Waals surface area contributed by atoms with Gasteiger partial charge in [0.2, 0.25) is 0 Å². The smallest absolute Gasteiger partial charge is 0.291 e. The number of rotatable bonds is 4. The number of anilines is 1. The number of carbonyl (C=O) groups is 2. The van der Waals surface area contributed by atoms with Crippen LogP contribution in [-0.4, -0.2) is 18.8 Å². The fourth-order valence-electron chi connectivity index (χ4n) is 2.55. The van der Waals surface area contributed by atoms with E-state index in [1.807, 2.05) is 13.0 Å². The van der Waals surface area contributed by atoms with E-state index in [0.717, 1.165) is 10.9 Å². The number of carbonyl (C=O) groups excluding carboxylic acids is 2. The molecular formula is C19H17NO4. The molecule has 0 unspecified atom stereocenters. The molecule has 0 saturated heterocycles. The van der Waals surface area contributed by atoms with Crippen LogP contribution in [0.1, 0.15) is 33.4 Å². The first-order chi connectivity index (χ1) is 11.5. The molecule has 0 saturated carbocycles. The van der Waals surface area contributed by atoms with Gasteiger partial charge in [0.05, 0.1) is 7.11 Å². The third-order valence-corrected chi connectivity index (χ3v) is 3.88. The summed E-state index contributed by atoms with van der Waals surface area (Å²) >= 11 is 0. The summed E-state index contributed by atoms with van der Waals surface area (Å²) in [6.45, 7) is 3.31. The van der Waals surface area contributed by atoms with Crippen LogP contribution < -0.4 is 10.1 Å². The van der Waals surface area contributed by atoms with Crippen molar-refractivity contribution in [3.8, 4) is 5.75 Å². The van der Waals surface area contributed by atoms with Gasteiger partial charge in [0.15, 0.2) is 11.5 Å². The molecule has 2 aromatic carbocycles. The molecule has 0 atom stereocenters. The maximum Gasteiger partial charge on any atom is 0.291 e. The van der Waals surface area contributed by atoms with Gasteiger partial charge in [-0.25, -0.2) is 0 Å². The van der Waals surface area contributed by atoms with Crippen LogP contribution in [0.3, 0.4) is 0 Å². The van der Waals surface area contributed by atoms with Crippen LogP contribution in [-0.2, 0) is 0 Å². The highest BCUT2D eigenvalue weighted by Crippen LogP contribution is 2.29. The minimum absolute atomic E-state index is 0.0573. The Morgan fingerprint density at radius 2 is 1.92 bits per heavy atom. The van der Waals surface area contributed by atoms with Crippen molar-refractivity contribution in [1.29, 1.82) is 0 Å². The number of hydrogen-bond donors (Lipinski definition) is 1. The predicted molar refractivity (Wildman–Crippen MR) is 91.9 cm³/mol. The lowest BCUT2D eigenvalue weighted by Crippen LogP contribution is -2.12. The van der Waals surface area contributed by atoms with Gasteiger partial charge < -0.3 is 14.5 Å². The van der Waals surface area contributed by atoms with Crippen molar-refractivity contribution < 1.29 is 18.7 Å². The van der Waals surface area contributed by atoms with E-state index in [1.165, 1.54) is 6.92 Å². The summed E-state index contributed by atoms with van der Waals surface area (Å²) in [7, 11) is 1.59. The molecule has 0 aliphatic rings. The SMILES string of the molecule is COc1ccc2oc(C(=O)Nc3cccc(C(C)=O)c3)c(C)c2c1. The number of amides is 1. The molecule has 0 bridgehead atoms. The van der Waals surface area contributed by atoms with Gasteiger partial charge in [-0.3, -0.25) is 9.59 Å². The summed E-state index contributed by atoms with van der Waals surface area (Å²) < 4.78 is 10.9. The number of aryl methyl sites for hydroxylation is 1. The monoisotopic (exact) mass is 323 g/mol. The Morgan fingerprint density at radius 3 is 2.62 bits per heavy atom. The molecule has 1 aromatic heterocycles. The first-order valence-electron chi connectivity index (χ1n) is 7.49. The Morgan fingerprint density at radius 1 is 1.12 bits per heavy atom. The molecule has 0 spiro atoms. The highest BCUT2D eigenvalue weighted by Gasteiger charge is 2.18. The number of fused-ring (bicyclic) bond motifs is 1. The molecule has 122 valence electrons. The number of hydrogen-bond acceptors (Lipinski definition) is 4. The van der Waals surface area contributed by atoms with Gasteiger partial charge in [0.1, 0.15) is 11.3 Å². The predicted octanol–water partition coefficient (Wildman–Crippen LogP) is 4.20. The Labute approximate surface area is 139 Å². The number of nitrogens with one attached hydrogen (secondary N) is 1. The summed E-state index contributed by atoms with van der Waals surface area (Å²) in [5.74, 6) is 0.528. The standard InChI is InChI=1S/C19H17NO4/c1-11-16-10-15(23-3)7-8-17(16)24-18(11)19(22)20-14-6-4-5-13(9-14)12(2)21/h4-10H,1-3H3,(H,20,22). The van der Waals surface area contributed by atoms with Gasteiger partial charge in [-0.2, -0.15) is 0 Å². The lowest BCUT2D eigenvalue weighted by molar-refractivity contribution is 0.0993. The van der Waals surface area contributed by atoms with Gasteiger partial charge >= 0.3 is 0 Å². The quantitative estimate of drug-likeness (QED) is 0.730. The van der Waals surface area contributed by atoms with Crippen molar-refractivity contribution >= 4 is 28.3 Å².